The van der Waals surface area contributed by atoms with Crippen molar-refractivity contribution >= 4 is 26.6 Å². The maximum atomic E-state index is 11.8. The minimum absolute atomic E-state index is 0.233. The zero-order chi connectivity index (χ0) is 11.8. The van der Waals surface area contributed by atoms with E-state index in [-0.39, 0.29) is 4.90 Å². The largest absolute Gasteiger partial charge is 0.399 e. The van der Waals surface area contributed by atoms with E-state index in [0.29, 0.717) is 17.6 Å². The highest BCUT2D eigenvalue weighted by Crippen LogP contribution is 2.24. The molecule has 1 aromatic carbocycles. The highest BCUT2D eigenvalue weighted by Gasteiger charge is 2.17. The third kappa shape index (κ3) is 1.77. The number of hydrogen-bond acceptors (Lipinski definition) is 3. The molecule has 0 saturated heterocycles. The lowest BCUT2D eigenvalue weighted by atomic mass is 10.2. The number of aromatic nitrogens is 1. The first-order valence-electron chi connectivity index (χ1n) is 4.91. The van der Waals surface area contributed by atoms with Gasteiger partial charge in [0.25, 0.3) is 0 Å². The molecule has 0 bridgehead atoms. The van der Waals surface area contributed by atoms with Gasteiger partial charge in [-0.05, 0) is 18.2 Å². The molecule has 1 aromatic heterocycles. The van der Waals surface area contributed by atoms with Gasteiger partial charge in [0.2, 0.25) is 10.0 Å². The van der Waals surface area contributed by atoms with Crippen molar-refractivity contribution in [2.75, 3.05) is 12.3 Å². The number of H-pyrrole nitrogens is 1. The van der Waals surface area contributed by atoms with Crippen LogP contribution in [-0.2, 0) is 10.0 Å². The summed E-state index contributed by atoms with van der Waals surface area (Å²) in [7, 11) is -3.45. The van der Waals surface area contributed by atoms with Gasteiger partial charge >= 0.3 is 0 Å². The number of benzene rings is 1. The SMILES string of the molecule is CCNS(=O)(=O)c1c[nH]c2ccc(N)cc12. The molecule has 86 valence electrons. The highest BCUT2D eigenvalue weighted by atomic mass is 32.2. The van der Waals surface area contributed by atoms with Crippen LogP contribution in [0, 0.1) is 0 Å². The van der Waals surface area contributed by atoms with Gasteiger partial charge in [-0.25, -0.2) is 13.1 Å². The summed E-state index contributed by atoms with van der Waals surface area (Å²) in [5.41, 5.74) is 6.94. The molecule has 0 unspecified atom stereocenters. The number of sulfonamides is 1. The second-order valence-corrected chi connectivity index (χ2v) is 5.19. The summed E-state index contributed by atoms with van der Waals surface area (Å²) in [5.74, 6) is 0. The standard InChI is InChI=1S/C10H13N3O2S/c1-2-13-16(14,15)10-6-12-9-4-3-7(11)5-8(9)10/h3-6,12-13H,2,11H2,1H3. The van der Waals surface area contributed by atoms with Crippen LogP contribution < -0.4 is 10.5 Å². The van der Waals surface area contributed by atoms with Crippen molar-refractivity contribution in [3.05, 3.63) is 24.4 Å². The van der Waals surface area contributed by atoms with E-state index < -0.39 is 10.0 Å². The molecular weight excluding hydrogens is 226 g/mol. The van der Waals surface area contributed by atoms with Gasteiger partial charge in [0.05, 0.1) is 0 Å². The van der Waals surface area contributed by atoms with Crippen LogP contribution in [0.15, 0.2) is 29.3 Å². The molecule has 2 rings (SSSR count). The summed E-state index contributed by atoms with van der Waals surface area (Å²) in [5, 5.41) is 0.612. The van der Waals surface area contributed by atoms with E-state index in [2.05, 4.69) is 9.71 Å². The normalized spacial score (nSPS) is 12.1. The van der Waals surface area contributed by atoms with Crippen molar-refractivity contribution in [3.63, 3.8) is 0 Å². The van der Waals surface area contributed by atoms with E-state index in [0.717, 1.165) is 5.52 Å². The van der Waals surface area contributed by atoms with Crippen LogP contribution >= 0.6 is 0 Å². The van der Waals surface area contributed by atoms with Crippen LogP contribution in [0.5, 0.6) is 0 Å². The second kappa shape index (κ2) is 3.80. The zero-order valence-electron chi connectivity index (χ0n) is 8.82. The molecule has 4 N–H and O–H groups in total. The van der Waals surface area contributed by atoms with E-state index in [9.17, 15) is 8.42 Å². The van der Waals surface area contributed by atoms with Gasteiger partial charge in [-0.15, -0.1) is 0 Å². The average molecular weight is 239 g/mol. The molecule has 0 spiro atoms. The molecule has 16 heavy (non-hydrogen) atoms. The third-order valence-corrected chi connectivity index (χ3v) is 3.88. The zero-order valence-corrected chi connectivity index (χ0v) is 9.64. The number of rotatable bonds is 3. The number of anilines is 1. The quantitative estimate of drug-likeness (QED) is 0.699. The molecular formula is C10H13N3O2S. The van der Waals surface area contributed by atoms with E-state index >= 15 is 0 Å². The number of nitrogen functional groups attached to an aromatic ring is 1. The molecule has 6 heteroatoms. The van der Waals surface area contributed by atoms with Crippen molar-refractivity contribution in [1.29, 1.82) is 0 Å². The molecule has 2 aromatic rings. The summed E-state index contributed by atoms with van der Waals surface area (Å²) in [4.78, 5) is 3.14. The van der Waals surface area contributed by atoms with Gasteiger partial charge in [0, 0.05) is 29.3 Å². The van der Waals surface area contributed by atoms with Gasteiger partial charge in [-0.3, -0.25) is 0 Å². The van der Waals surface area contributed by atoms with Gasteiger partial charge in [0.15, 0.2) is 0 Å². The van der Waals surface area contributed by atoms with Gasteiger partial charge in [-0.1, -0.05) is 6.92 Å². The molecule has 0 atom stereocenters. The lowest BCUT2D eigenvalue weighted by Crippen LogP contribution is -2.22. The molecule has 1 heterocycles. The fraction of sp³-hybridized carbons (Fsp3) is 0.200. The highest BCUT2D eigenvalue weighted by molar-refractivity contribution is 7.89. The summed E-state index contributed by atoms with van der Waals surface area (Å²) in [6, 6.07) is 5.13. The molecule has 0 aliphatic carbocycles. The number of hydrogen-bond donors (Lipinski definition) is 3. The number of aromatic amines is 1. The fourth-order valence-corrected chi connectivity index (χ4v) is 2.81. The summed E-state index contributed by atoms with van der Waals surface area (Å²) in [6.07, 6.45) is 1.47. The Hall–Kier alpha value is -1.53. The molecule has 0 fully saturated rings. The Balaban J connectivity index is 2.66. The smallest absolute Gasteiger partial charge is 0.242 e. The predicted octanol–water partition coefficient (Wildman–Crippen LogP) is 1.05. The first-order valence-corrected chi connectivity index (χ1v) is 6.39. The maximum Gasteiger partial charge on any atom is 0.242 e. The van der Waals surface area contributed by atoms with E-state index in [4.69, 9.17) is 5.73 Å². The Morgan fingerprint density at radius 1 is 1.44 bits per heavy atom. The Morgan fingerprint density at radius 2 is 2.19 bits per heavy atom. The van der Waals surface area contributed by atoms with Crippen LogP contribution in [0.25, 0.3) is 10.9 Å². The van der Waals surface area contributed by atoms with Crippen LogP contribution in [0.4, 0.5) is 5.69 Å². The van der Waals surface area contributed by atoms with E-state index in [1.807, 2.05) is 0 Å². The number of fused-ring (bicyclic) bond motifs is 1. The molecule has 0 saturated carbocycles. The third-order valence-electron chi connectivity index (χ3n) is 2.29. The van der Waals surface area contributed by atoms with Crippen molar-refractivity contribution in [2.45, 2.75) is 11.8 Å². The second-order valence-electron chi connectivity index (χ2n) is 3.46. The predicted molar refractivity (Wildman–Crippen MR) is 63.6 cm³/mol. The summed E-state index contributed by atoms with van der Waals surface area (Å²) < 4.78 is 26.1. The fourth-order valence-electron chi connectivity index (χ4n) is 1.60. The summed E-state index contributed by atoms with van der Waals surface area (Å²) >= 11 is 0. The van der Waals surface area contributed by atoms with Gasteiger partial charge < -0.3 is 10.7 Å². The van der Waals surface area contributed by atoms with Crippen LogP contribution in [0.3, 0.4) is 0 Å². The van der Waals surface area contributed by atoms with Gasteiger partial charge in [0.1, 0.15) is 4.90 Å². The molecule has 0 aliphatic heterocycles. The lowest BCUT2D eigenvalue weighted by molar-refractivity contribution is 0.585. The molecule has 5 nitrogen and oxygen atoms in total. The number of nitrogens with one attached hydrogen (secondary N) is 2. The van der Waals surface area contributed by atoms with Crippen molar-refractivity contribution in [3.8, 4) is 0 Å². The van der Waals surface area contributed by atoms with E-state index in [1.54, 1.807) is 25.1 Å². The first-order chi connectivity index (χ1) is 7.54. The van der Waals surface area contributed by atoms with Crippen molar-refractivity contribution in [2.24, 2.45) is 0 Å². The lowest BCUT2D eigenvalue weighted by Gasteiger charge is -2.02. The Bertz CT molecular complexity index is 616. The van der Waals surface area contributed by atoms with Crippen molar-refractivity contribution in [1.82, 2.24) is 9.71 Å². The monoisotopic (exact) mass is 239 g/mol. The van der Waals surface area contributed by atoms with E-state index in [1.165, 1.54) is 6.20 Å². The van der Waals surface area contributed by atoms with Crippen LogP contribution in [0.2, 0.25) is 0 Å². The number of nitrogens with two attached hydrogens (primary N) is 1. The van der Waals surface area contributed by atoms with Crippen LogP contribution in [0.1, 0.15) is 6.92 Å². The molecule has 0 aliphatic rings. The minimum atomic E-state index is -3.45. The molecule has 0 amide bonds. The van der Waals surface area contributed by atoms with Crippen molar-refractivity contribution < 1.29 is 8.42 Å². The average Bonchev–Trinajstić information content (AvgIpc) is 2.60. The summed E-state index contributed by atoms with van der Waals surface area (Å²) in [6.45, 7) is 2.10. The van der Waals surface area contributed by atoms with Crippen LogP contribution in [-0.4, -0.2) is 19.9 Å². The maximum absolute atomic E-state index is 11.8. The van der Waals surface area contributed by atoms with Gasteiger partial charge in [-0.2, -0.15) is 0 Å². The Morgan fingerprint density at radius 3 is 2.88 bits per heavy atom. The Kier molecular flexibility index (Phi) is 2.61. The topological polar surface area (TPSA) is 88.0 Å². The Labute approximate surface area is 93.7 Å². The minimum Gasteiger partial charge on any atom is -0.399 e. The first kappa shape index (κ1) is 11.0. The molecule has 0 radical (unpaired) electrons.